The fourth-order valence-corrected chi connectivity index (χ4v) is 3.28. The first-order valence-corrected chi connectivity index (χ1v) is 9.10. The highest BCUT2D eigenvalue weighted by atomic mass is 79.9. The Balaban J connectivity index is 1.82. The Morgan fingerprint density at radius 2 is 2.00 bits per heavy atom. The third-order valence-corrected chi connectivity index (χ3v) is 4.73. The zero-order valence-electron chi connectivity index (χ0n) is 14.3. The number of amides is 1. The second-order valence-electron chi connectivity index (χ2n) is 6.05. The molecule has 9 heteroatoms. The molecule has 0 bridgehead atoms. The van der Waals surface area contributed by atoms with E-state index < -0.39 is 10.8 Å². The second kappa shape index (κ2) is 8.17. The first-order valence-electron chi connectivity index (χ1n) is 8.31. The fraction of sp³-hybridized carbons (Fsp3) is 0.222. The van der Waals surface area contributed by atoms with E-state index in [2.05, 4.69) is 31.4 Å². The summed E-state index contributed by atoms with van der Waals surface area (Å²) in [6.45, 7) is 1.74. The number of hydrazone groups is 1. The lowest BCUT2D eigenvalue weighted by Crippen LogP contribution is -2.20. The minimum Gasteiger partial charge on any atom is -0.507 e. The summed E-state index contributed by atoms with van der Waals surface area (Å²) in [5.74, 6) is -0.753. The van der Waals surface area contributed by atoms with Crippen LogP contribution in [0.4, 0.5) is 11.4 Å². The van der Waals surface area contributed by atoms with Crippen LogP contribution in [0.5, 0.6) is 5.75 Å². The number of nitrogens with zero attached hydrogens (tertiary/aromatic N) is 3. The summed E-state index contributed by atoms with van der Waals surface area (Å²) in [7, 11) is 0. The van der Waals surface area contributed by atoms with Crippen LogP contribution in [0.3, 0.4) is 0 Å². The number of rotatable bonds is 5. The number of carbonyl (C=O) groups excluding carboxylic acids is 1. The van der Waals surface area contributed by atoms with Crippen molar-refractivity contribution in [1.82, 2.24) is 5.43 Å². The van der Waals surface area contributed by atoms with Gasteiger partial charge in [-0.1, -0.05) is 15.9 Å². The number of phenolic OH excluding ortho intramolecular Hbond substituents is 1. The maximum Gasteiger partial charge on any atom is 0.275 e. The standard InChI is InChI=1S/C18H17BrN4O4/c19-13-3-6-17(24)15(10-13)18(25)21-20-11-12-9-14(23(26)27)4-5-16(12)22-7-1-2-8-22/h3-6,9-11,24H,1-2,7-8H2,(H,21,25)/b20-11+. The van der Waals surface area contributed by atoms with Crippen LogP contribution in [0, 0.1) is 10.1 Å². The van der Waals surface area contributed by atoms with E-state index in [4.69, 9.17) is 0 Å². The third-order valence-electron chi connectivity index (χ3n) is 4.24. The average Bonchev–Trinajstić information content (AvgIpc) is 3.18. The summed E-state index contributed by atoms with van der Waals surface area (Å²) in [4.78, 5) is 24.9. The van der Waals surface area contributed by atoms with E-state index in [1.807, 2.05) is 0 Å². The van der Waals surface area contributed by atoms with Crippen LogP contribution in [-0.2, 0) is 0 Å². The van der Waals surface area contributed by atoms with Crippen molar-refractivity contribution in [2.24, 2.45) is 5.10 Å². The lowest BCUT2D eigenvalue weighted by atomic mass is 10.1. The van der Waals surface area contributed by atoms with Crippen molar-refractivity contribution >= 4 is 39.4 Å². The molecule has 0 atom stereocenters. The van der Waals surface area contributed by atoms with Crippen LogP contribution in [-0.4, -0.2) is 35.2 Å². The maximum absolute atomic E-state index is 12.2. The third kappa shape index (κ3) is 4.43. The van der Waals surface area contributed by atoms with Gasteiger partial charge in [-0.25, -0.2) is 5.43 Å². The highest BCUT2D eigenvalue weighted by molar-refractivity contribution is 9.10. The van der Waals surface area contributed by atoms with Crippen molar-refractivity contribution < 1.29 is 14.8 Å². The Labute approximate surface area is 163 Å². The second-order valence-corrected chi connectivity index (χ2v) is 6.97. The molecule has 1 aliphatic heterocycles. The molecule has 1 saturated heterocycles. The number of phenols is 1. The van der Waals surface area contributed by atoms with Crippen molar-refractivity contribution in [2.45, 2.75) is 12.8 Å². The van der Waals surface area contributed by atoms with E-state index in [1.165, 1.54) is 30.5 Å². The average molecular weight is 433 g/mol. The normalized spacial score (nSPS) is 13.9. The molecule has 8 nitrogen and oxygen atoms in total. The van der Waals surface area contributed by atoms with E-state index in [1.54, 1.807) is 12.1 Å². The van der Waals surface area contributed by atoms with Gasteiger partial charge in [0.15, 0.2) is 0 Å². The van der Waals surface area contributed by atoms with E-state index in [0.717, 1.165) is 31.6 Å². The molecule has 1 amide bonds. The molecule has 0 spiro atoms. The molecule has 2 aromatic carbocycles. The number of nitrogens with one attached hydrogen (secondary N) is 1. The first kappa shape index (κ1) is 18.8. The van der Waals surface area contributed by atoms with Gasteiger partial charge in [0.2, 0.25) is 0 Å². The smallest absolute Gasteiger partial charge is 0.275 e. The first-order chi connectivity index (χ1) is 13.0. The van der Waals surface area contributed by atoms with E-state index in [0.29, 0.717) is 10.0 Å². The van der Waals surface area contributed by atoms with Gasteiger partial charge >= 0.3 is 0 Å². The molecule has 0 aromatic heterocycles. The summed E-state index contributed by atoms with van der Waals surface area (Å²) < 4.78 is 0.643. The number of non-ortho nitro benzene ring substituents is 1. The van der Waals surface area contributed by atoms with Crippen LogP contribution in [0.1, 0.15) is 28.8 Å². The minimum absolute atomic E-state index is 0.0460. The topological polar surface area (TPSA) is 108 Å². The van der Waals surface area contributed by atoms with Crippen molar-refractivity contribution in [3.05, 3.63) is 62.1 Å². The van der Waals surface area contributed by atoms with Crippen molar-refractivity contribution in [3.63, 3.8) is 0 Å². The Kier molecular flexibility index (Phi) is 5.70. The number of anilines is 1. The van der Waals surface area contributed by atoms with Gasteiger partial charge < -0.3 is 10.0 Å². The number of benzene rings is 2. The minimum atomic E-state index is -0.585. The van der Waals surface area contributed by atoms with Gasteiger partial charge in [0, 0.05) is 40.9 Å². The van der Waals surface area contributed by atoms with E-state index >= 15 is 0 Å². The van der Waals surface area contributed by atoms with Gasteiger partial charge in [-0.05, 0) is 37.1 Å². The molecule has 2 N–H and O–H groups in total. The van der Waals surface area contributed by atoms with Gasteiger partial charge in [-0.2, -0.15) is 5.10 Å². The Morgan fingerprint density at radius 1 is 1.26 bits per heavy atom. The van der Waals surface area contributed by atoms with Crippen LogP contribution in [0.2, 0.25) is 0 Å². The number of nitro groups is 1. The molecular formula is C18H17BrN4O4. The molecule has 0 saturated carbocycles. The molecule has 0 radical (unpaired) electrons. The Bertz CT molecular complexity index is 910. The number of hydrogen-bond donors (Lipinski definition) is 2. The van der Waals surface area contributed by atoms with Crippen LogP contribution in [0.25, 0.3) is 0 Å². The van der Waals surface area contributed by atoms with Crippen LogP contribution in [0.15, 0.2) is 46.0 Å². The quantitative estimate of drug-likeness (QED) is 0.427. The number of carbonyl (C=O) groups is 1. The molecule has 0 aliphatic carbocycles. The molecule has 0 unspecified atom stereocenters. The van der Waals surface area contributed by atoms with Crippen molar-refractivity contribution in [3.8, 4) is 5.75 Å². The Morgan fingerprint density at radius 3 is 2.70 bits per heavy atom. The SMILES string of the molecule is O=C(N/N=C/c1cc([N+](=O)[O-])ccc1N1CCCC1)c1cc(Br)ccc1O. The van der Waals surface area contributed by atoms with Crippen LogP contribution >= 0.6 is 15.9 Å². The number of halogens is 1. The molecule has 1 heterocycles. The highest BCUT2D eigenvalue weighted by Gasteiger charge is 2.18. The largest absolute Gasteiger partial charge is 0.507 e. The van der Waals surface area contributed by atoms with Crippen molar-refractivity contribution in [1.29, 1.82) is 0 Å². The summed E-state index contributed by atoms with van der Waals surface area (Å²) >= 11 is 3.24. The lowest BCUT2D eigenvalue weighted by Gasteiger charge is -2.19. The maximum atomic E-state index is 12.2. The monoisotopic (exact) mass is 432 g/mol. The molecule has 27 heavy (non-hydrogen) atoms. The lowest BCUT2D eigenvalue weighted by molar-refractivity contribution is -0.384. The number of nitro benzene ring substituents is 1. The summed E-state index contributed by atoms with van der Waals surface area (Å²) in [6, 6.07) is 9.08. The van der Waals surface area contributed by atoms with E-state index in [9.17, 15) is 20.0 Å². The van der Waals surface area contributed by atoms with Gasteiger partial charge in [0.1, 0.15) is 5.75 Å². The predicted molar refractivity (Wildman–Crippen MR) is 105 cm³/mol. The Hall–Kier alpha value is -2.94. The van der Waals surface area contributed by atoms with Gasteiger partial charge in [0.05, 0.1) is 16.7 Å². The van der Waals surface area contributed by atoms with E-state index in [-0.39, 0.29) is 17.0 Å². The van der Waals surface area contributed by atoms with Gasteiger partial charge in [0.25, 0.3) is 11.6 Å². The molecule has 1 aliphatic rings. The fourth-order valence-electron chi connectivity index (χ4n) is 2.92. The summed E-state index contributed by atoms with van der Waals surface area (Å²) in [5, 5.41) is 24.8. The van der Waals surface area contributed by atoms with Crippen molar-refractivity contribution in [2.75, 3.05) is 18.0 Å². The zero-order chi connectivity index (χ0) is 19.4. The molecular weight excluding hydrogens is 416 g/mol. The zero-order valence-corrected chi connectivity index (χ0v) is 15.8. The van der Waals surface area contributed by atoms with Crippen LogP contribution < -0.4 is 10.3 Å². The van der Waals surface area contributed by atoms with Gasteiger partial charge in [-0.3, -0.25) is 14.9 Å². The molecule has 3 rings (SSSR count). The molecule has 140 valence electrons. The number of aromatic hydroxyl groups is 1. The predicted octanol–water partition coefficient (Wildman–Crippen LogP) is 3.43. The molecule has 1 fully saturated rings. The highest BCUT2D eigenvalue weighted by Crippen LogP contribution is 2.27. The molecule has 2 aromatic rings. The summed E-state index contributed by atoms with van der Waals surface area (Å²) in [5.41, 5.74) is 3.75. The number of hydrogen-bond acceptors (Lipinski definition) is 6. The van der Waals surface area contributed by atoms with Gasteiger partial charge in [-0.15, -0.1) is 0 Å². The summed E-state index contributed by atoms with van der Waals surface area (Å²) in [6.07, 6.45) is 3.51.